The molecule has 3 N–H and O–H groups in total. The molecule has 1 fully saturated rings. The van der Waals surface area contributed by atoms with Gasteiger partial charge in [0.2, 0.25) is 0 Å². The summed E-state index contributed by atoms with van der Waals surface area (Å²) in [5, 5.41) is 15.6. The number of aromatic hydroxyl groups is 1. The zero-order valence-electron chi connectivity index (χ0n) is 17.0. The van der Waals surface area contributed by atoms with Gasteiger partial charge >= 0.3 is 0 Å². The molecule has 29 heavy (non-hydrogen) atoms. The Balaban J connectivity index is 1.48. The first-order valence-electron chi connectivity index (χ1n) is 10.3. The lowest BCUT2D eigenvalue weighted by Crippen LogP contribution is -2.40. The standard InChI is InChI=1S/C23H30N4O2/c1-2-24-23(26-14-13-25-22(29)20-8-10-21(28)11-9-20)27-15-12-19(17-27)16-18-6-4-3-5-7-18/h3-11,19,28H,2,12-17H2,1H3,(H,24,26)(H,25,29). The monoisotopic (exact) mass is 394 g/mol. The molecule has 1 saturated heterocycles. The molecule has 1 atom stereocenters. The molecule has 0 bridgehead atoms. The Labute approximate surface area is 172 Å². The third kappa shape index (κ3) is 6.24. The van der Waals surface area contributed by atoms with Gasteiger partial charge in [-0.3, -0.25) is 9.79 Å². The number of hydrogen-bond donors (Lipinski definition) is 3. The molecule has 3 rings (SSSR count). The molecule has 0 saturated carbocycles. The average Bonchev–Trinajstić information content (AvgIpc) is 3.19. The number of phenolic OH excluding ortho intramolecular Hbond substituents is 1. The van der Waals surface area contributed by atoms with E-state index < -0.39 is 0 Å². The molecular weight excluding hydrogens is 364 g/mol. The highest BCUT2D eigenvalue weighted by atomic mass is 16.3. The molecule has 1 aliphatic heterocycles. The van der Waals surface area contributed by atoms with Crippen molar-refractivity contribution in [3.05, 3.63) is 65.7 Å². The Kier molecular flexibility index (Phi) is 7.50. The van der Waals surface area contributed by atoms with Crippen molar-refractivity contribution < 1.29 is 9.90 Å². The fraction of sp³-hybridized carbons (Fsp3) is 0.391. The van der Waals surface area contributed by atoms with Crippen molar-refractivity contribution in [2.45, 2.75) is 19.8 Å². The topological polar surface area (TPSA) is 77.0 Å². The normalized spacial score (nSPS) is 16.7. The van der Waals surface area contributed by atoms with E-state index in [1.807, 2.05) is 0 Å². The third-order valence-corrected chi connectivity index (χ3v) is 5.08. The summed E-state index contributed by atoms with van der Waals surface area (Å²) in [5.74, 6) is 1.55. The molecule has 0 aromatic heterocycles. The smallest absolute Gasteiger partial charge is 0.251 e. The van der Waals surface area contributed by atoms with Crippen LogP contribution in [0.2, 0.25) is 0 Å². The van der Waals surface area contributed by atoms with E-state index in [0.717, 1.165) is 38.4 Å². The second kappa shape index (κ2) is 10.5. The highest BCUT2D eigenvalue weighted by Crippen LogP contribution is 2.20. The highest BCUT2D eigenvalue weighted by Gasteiger charge is 2.24. The van der Waals surface area contributed by atoms with Crippen LogP contribution in [-0.2, 0) is 6.42 Å². The Hall–Kier alpha value is -3.02. The van der Waals surface area contributed by atoms with Crippen LogP contribution in [0.15, 0.2) is 59.6 Å². The molecule has 6 nitrogen and oxygen atoms in total. The van der Waals surface area contributed by atoms with Gasteiger partial charge in [-0.2, -0.15) is 0 Å². The summed E-state index contributed by atoms with van der Waals surface area (Å²) in [5.41, 5.74) is 1.92. The van der Waals surface area contributed by atoms with E-state index >= 15 is 0 Å². The lowest BCUT2D eigenvalue weighted by molar-refractivity contribution is 0.0955. The molecule has 1 unspecified atom stereocenters. The Morgan fingerprint density at radius 1 is 1.14 bits per heavy atom. The molecule has 2 aromatic carbocycles. The quantitative estimate of drug-likeness (QED) is 0.383. The van der Waals surface area contributed by atoms with Gasteiger partial charge < -0.3 is 20.6 Å². The highest BCUT2D eigenvalue weighted by molar-refractivity contribution is 5.94. The fourth-order valence-corrected chi connectivity index (χ4v) is 3.61. The Bertz CT molecular complexity index is 805. The number of amides is 1. The molecule has 154 valence electrons. The first-order valence-corrected chi connectivity index (χ1v) is 10.3. The maximum atomic E-state index is 12.1. The minimum Gasteiger partial charge on any atom is -0.508 e. The van der Waals surface area contributed by atoms with E-state index in [0.29, 0.717) is 24.6 Å². The van der Waals surface area contributed by atoms with Crippen LogP contribution in [-0.4, -0.2) is 54.6 Å². The van der Waals surface area contributed by atoms with Crippen LogP contribution in [0, 0.1) is 5.92 Å². The first-order chi connectivity index (χ1) is 14.2. The minimum absolute atomic E-state index is 0.151. The van der Waals surface area contributed by atoms with E-state index in [1.165, 1.54) is 17.7 Å². The second-order valence-electron chi connectivity index (χ2n) is 7.33. The predicted molar refractivity (Wildman–Crippen MR) is 116 cm³/mol. The predicted octanol–water partition coefficient (Wildman–Crippen LogP) is 2.65. The number of rotatable bonds is 7. The summed E-state index contributed by atoms with van der Waals surface area (Å²) in [6.07, 6.45) is 2.26. The maximum absolute atomic E-state index is 12.1. The van der Waals surface area contributed by atoms with Crippen molar-refractivity contribution in [1.29, 1.82) is 0 Å². The van der Waals surface area contributed by atoms with Gasteiger partial charge in [-0.1, -0.05) is 30.3 Å². The van der Waals surface area contributed by atoms with Crippen molar-refractivity contribution in [3.63, 3.8) is 0 Å². The van der Waals surface area contributed by atoms with Crippen molar-refractivity contribution in [2.75, 3.05) is 32.7 Å². The fourth-order valence-electron chi connectivity index (χ4n) is 3.61. The number of phenols is 1. The van der Waals surface area contributed by atoms with Crippen molar-refractivity contribution >= 4 is 11.9 Å². The number of nitrogens with one attached hydrogen (secondary N) is 2. The number of guanidine groups is 1. The number of likely N-dealkylation sites (tertiary alicyclic amines) is 1. The molecule has 6 heteroatoms. The summed E-state index contributed by atoms with van der Waals surface area (Å²) in [6, 6.07) is 16.9. The summed E-state index contributed by atoms with van der Waals surface area (Å²) in [6.45, 7) is 5.88. The lowest BCUT2D eigenvalue weighted by atomic mass is 9.99. The number of carbonyl (C=O) groups is 1. The number of aliphatic imine (C=N–C) groups is 1. The largest absolute Gasteiger partial charge is 0.508 e. The van der Waals surface area contributed by atoms with Gasteiger partial charge in [-0.15, -0.1) is 0 Å². The lowest BCUT2D eigenvalue weighted by Gasteiger charge is -2.21. The van der Waals surface area contributed by atoms with Crippen LogP contribution >= 0.6 is 0 Å². The van der Waals surface area contributed by atoms with E-state index in [2.05, 4.69) is 52.8 Å². The van der Waals surface area contributed by atoms with Crippen LogP contribution in [0.5, 0.6) is 5.75 Å². The van der Waals surface area contributed by atoms with E-state index in [-0.39, 0.29) is 11.7 Å². The third-order valence-electron chi connectivity index (χ3n) is 5.08. The van der Waals surface area contributed by atoms with Crippen LogP contribution in [0.25, 0.3) is 0 Å². The second-order valence-corrected chi connectivity index (χ2v) is 7.33. The van der Waals surface area contributed by atoms with Crippen molar-refractivity contribution in [1.82, 2.24) is 15.5 Å². The van der Waals surface area contributed by atoms with Gasteiger partial charge in [0.05, 0.1) is 6.54 Å². The molecule has 0 aliphatic carbocycles. The van der Waals surface area contributed by atoms with Crippen LogP contribution in [0.4, 0.5) is 0 Å². The van der Waals surface area contributed by atoms with E-state index in [1.54, 1.807) is 12.1 Å². The molecule has 1 heterocycles. The zero-order chi connectivity index (χ0) is 20.5. The number of nitrogens with zero attached hydrogens (tertiary/aromatic N) is 2. The van der Waals surface area contributed by atoms with Gasteiger partial charge in [-0.25, -0.2) is 0 Å². The van der Waals surface area contributed by atoms with Gasteiger partial charge in [0, 0.05) is 31.7 Å². The summed E-state index contributed by atoms with van der Waals surface area (Å²) in [7, 11) is 0. The summed E-state index contributed by atoms with van der Waals surface area (Å²) in [4.78, 5) is 19.1. The maximum Gasteiger partial charge on any atom is 0.251 e. The number of hydrogen-bond acceptors (Lipinski definition) is 3. The molecule has 1 amide bonds. The molecule has 0 spiro atoms. The summed E-state index contributed by atoms with van der Waals surface area (Å²) < 4.78 is 0. The van der Waals surface area contributed by atoms with E-state index in [9.17, 15) is 9.90 Å². The SMILES string of the molecule is CCNC(=NCCNC(=O)c1ccc(O)cc1)N1CCC(Cc2ccccc2)C1. The van der Waals surface area contributed by atoms with Gasteiger partial charge in [0.25, 0.3) is 5.91 Å². The van der Waals surface area contributed by atoms with Crippen LogP contribution in [0.3, 0.4) is 0 Å². The first kappa shape index (κ1) is 20.7. The van der Waals surface area contributed by atoms with Gasteiger partial charge in [0.15, 0.2) is 5.96 Å². The van der Waals surface area contributed by atoms with Crippen molar-refractivity contribution in [2.24, 2.45) is 10.9 Å². The molecule has 0 radical (unpaired) electrons. The van der Waals surface area contributed by atoms with Gasteiger partial charge in [0.1, 0.15) is 5.75 Å². The minimum atomic E-state index is -0.158. The van der Waals surface area contributed by atoms with Crippen LogP contribution in [0.1, 0.15) is 29.3 Å². The van der Waals surface area contributed by atoms with Crippen LogP contribution < -0.4 is 10.6 Å². The zero-order valence-corrected chi connectivity index (χ0v) is 17.0. The average molecular weight is 395 g/mol. The molecule has 2 aromatic rings. The number of benzene rings is 2. The van der Waals surface area contributed by atoms with E-state index in [4.69, 9.17) is 4.99 Å². The Morgan fingerprint density at radius 2 is 1.90 bits per heavy atom. The van der Waals surface area contributed by atoms with Gasteiger partial charge in [-0.05, 0) is 55.5 Å². The van der Waals surface area contributed by atoms with Crippen molar-refractivity contribution in [3.8, 4) is 5.75 Å². The summed E-state index contributed by atoms with van der Waals surface area (Å²) >= 11 is 0. The Morgan fingerprint density at radius 3 is 2.62 bits per heavy atom. The molecule has 1 aliphatic rings. The molecular formula is C23H30N4O2. The number of carbonyl (C=O) groups excluding carboxylic acids is 1.